The normalized spacial score (nSPS) is 11.7. The predicted octanol–water partition coefficient (Wildman–Crippen LogP) is 6.14. The van der Waals surface area contributed by atoms with Crippen LogP contribution in [0.5, 0.6) is 5.75 Å². The van der Waals surface area contributed by atoms with Crippen molar-refractivity contribution >= 4 is 48.2 Å². The molecule has 0 unspecified atom stereocenters. The minimum absolute atomic E-state index is 0.773. The van der Waals surface area contributed by atoms with Crippen LogP contribution >= 0.6 is 15.9 Å². The van der Waals surface area contributed by atoms with Gasteiger partial charge in [-0.05, 0) is 46.5 Å². The third-order valence-electron chi connectivity index (χ3n) is 4.27. The van der Waals surface area contributed by atoms with E-state index in [-0.39, 0.29) is 0 Å². The number of ether oxygens (including phenoxy) is 1. The van der Waals surface area contributed by atoms with E-state index < -0.39 is 0 Å². The van der Waals surface area contributed by atoms with E-state index in [4.69, 9.17) is 4.74 Å². The van der Waals surface area contributed by atoms with Crippen LogP contribution in [0, 0.1) is 0 Å². The van der Waals surface area contributed by atoms with Crippen molar-refractivity contribution in [2.24, 2.45) is 0 Å². The molecular formula is C20H17BrO. The smallest absolute Gasteiger partial charge is 0.127 e. The van der Waals surface area contributed by atoms with Crippen LogP contribution in [0.2, 0.25) is 0 Å². The van der Waals surface area contributed by atoms with Crippen LogP contribution in [0.3, 0.4) is 0 Å². The number of alkyl halides is 1. The summed E-state index contributed by atoms with van der Waals surface area (Å²) in [6, 6.07) is 19.6. The van der Waals surface area contributed by atoms with Gasteiger partial charge in [0.15, 0.2) is 0 Å². The highest BCUT2D eigenvalue weighted by Gasteiger charge is 2.11. The number of hydrogen-bond donors (Lipinski definition) is 0. The molecule has 0 bridgehead atoms. The van der Waals surface area contributed by atoms with E-state index in [1.165, 1.54) is 32.3 Å². The lowest BCUT2D eigenvalue weighted by Gasteiger charge is -2.14. The van der Waals surface area contributed by atoms with Gasteiger partial charge in [0.1, 0.15) is 5.75 Å². The Kier molecular flexibility index (Phi) is 3.63. The van der Waals surface area contributed by atoms with Crippen molar-refractivity contribution in [3.05, 3.63) is 54.6 Å². The maximum absolute atomic E-state index is 6.04. The molecule has 4 rings (SSSR count). The summed E-state index contributed by atoms with van der Waals surface area (Å²) < 4.78 is 6.04. The first-order valence-electron chi connectivity index (χ1n) is 7.74. The zero-order valence-corrected chi connectivity index (χ0v) is 13.9. The molecule has 0 aliphatic rings. The monoisotopic (exact) mass is 352 g/mol. The Bertz CT molecular complexity index is 913. The van der Waals surface area contributed by atoms with Gasteiger partial charge in [0.2, 0.25) is 0 Å². The third-order valence-corrected chi connectivity index (χ3v) is 4.83. The Morgan fingerprint density at radius 3 is 2.18 bits per heavy atom. The maximum atomic E-state index is 6.04. The van der Waals surface area contributed by atoms with E-state index in [2.05, 4.69) is 70.5 Å². The van der Waals surface area contributed by atoms with Gasteiger partial charge in [-0.3, -0.25) is 0 Å². The Morgan fingerprint density at radius 1 is 0.727 bits per heavy atom. The summed E-state index contributed by atoms with van der Waals surface area (Å²) >= 11 is 3.46. The van der Waals surface area contributed by atoms with Crippen LogP contribution in [0.1, 0.15) is 12.8 Å². The molecular weight excluding hydrogens is 336 g/mol. The Hall–Kier alpha value is -1.80. The average molecular weight is 353 g/mol. The maximum Gasteiger partial charge on any atom is 0.127 e. The SMILES string of the molecule is BrCCCCOc1ccc2ccc3cccc4ccc1c2c34. The van der Waals surface area contributed by atoms with Crippen molar-refractivity contribution in [1.29, 1.82) is 0 Å². The average Bonchev–Trinajstić information content (AvgIpc) is 2.57. The van der Waals surface area contributed by atoms with Crippen molar-refractivity contribution in [2.45, 2.75) is 12.8 Å². The molecule has 0 aliphatic heterocycles. The molecule has 2 heteroatoms. The van der Waals surface area contributed by atoms with Gasteiger partial charge < -0.3 is 4.74 Å². The molecule has 0 N–H and O–H groups in total. The minimum atomic E-state index is 0.773. The summed E-state index contributed by atoms with van der Waals surface area (Å²) in [5, 5.41) is 8.82. The molecule has 0 saturated carbocycles. The Morgan fingerprint density at radius 2 is 1.41 bits per heavy atom. The molecule has 0 aromatic heterocycles. The van der Waals surface area contributed by atoms with Crippen LogP contribution in [-0.2, 0) is 0 Å². The van der Waals surface area contributed by atoms with E-state index >= 15 is 0 Å². The first-order valence-corrected chi connectivity index (χ1v) is 8.86. The molecule has 0 fully saturated rings. The molecule has 0 amide bonds. The number of unbranched alkanes of at least 4 members (excludes halogenated alkanes) is 1. The second-order valence-corrected chi connectivity index (χ2v) is 6.46. The third kappa shape index (κ3) is 2.22. The molecule has 0 atom stereocenters. The summed E-state index contributed by atoms with van der Waals surface area (Å²) in [5.74, 6) is 1.00. The quantitative estimate of drug-likeness (QED) is 0.238. The lowest BCUT2D eigenvalue weighted by molar-refractivity contribution is 0.313. The fourth-order valence-corrected chi connectivity index (χ4v) is 3.61. The van der Waals surface area contributed by atoms with E-state index in [1.807, 2.05) is 0 Å². The molecule has 0 radical (unpaired) electrons. The Balaban J connectivity index is 1.89. The van der Waals surface area contributed by atoms with Gasteiger partial charge >= 0.3 is 0 Å². The van der Waals surface area contributed by atoms with Crippen molar-refractivity contribution in [1.82, 2.24) is 0 Å². The predicted molar refractivity (Wildman–Crippen MR) is 98.7 cm³/mol. The lowest BCUT2D eigenvalue weighted by Crippen LogP contribution is -1.98. The second-order valence-electron chi connectivity index (χ2n) is 5.66. The van der Waals surface area contributed by atoms with Gasteiger partial charge in [0, 0.05) is 16.1 Å². The molecule has 4 aromatic carbocycles. The largest absolute Gasteiger partial charge is 0.493 e. The molecule has 0 spiro atoms. The summed E-state index contributed by atoms with van der Waals surface area (Å²) in [7, 11) is 0. The van der Waals surface area contributed by atoms with Crippen molar-refractivity contribution in [3.63, 3.8) is 0 Å². The first kappa shape index (κ1) is 13.8. The van der Waals surface area contributed by atoms with Crippen LogP contribution in [-0.4, -0.2) is 11.9 Å². The van der Waals surface area contributed by atoms with Crippen LogP contribution in [0.4, 0.5) is 0 Å². The Labute approximate surface area is 138 Å². The summed E-state index contributed by atoms with van der Waals surface area (Å²) in [4.78, 5) is 0. The standard InChI is InChI=1S/C20H17BrO/c21-12-1-2-13-22-18-11-9-16-7-6-14-4-3-5-15-8-10-17(18)20(16)19(14)15/h3-11H,1-2,12-13H2. The highest BCUT2D eigenvalue weighted by molar-refractivity contribution is 9.09. The van der Waals surface area contributed by atoms with Gasteiger partial charge in [0.05, 0.1) is 6.61 Å². The minimum Gasteiger partial charge on any atom is -0.493 e. The number of rotatable bonds is 5. The van der Waals surface area contributed by atoms with Gasteiger partial charge in [-0.25, -0.2) is 0 Å². The fraction of sp³-hybridized carbons (Fsp3) is 0.200. The molecule has 110 valence electrons. The van der Waals surface area contributed by atoms with Gasteiger partial charge in [0.25, 0.3) is 0 Å². The number of halogens is 1. The van der Waals surface area contributed by atoms with Gasteiger partial charge in [-0.1, -0.05) is 58.4 Å². The summed E-state index contributed by atoms with van der Waals surface area (Å²) in [5.41, 5.74) is 0. The molecule has 0 heterocycles. The first-order chi connectivity index (χ1) is 10.9. The van der Waals surface area contributed by atoms with Crippen molar-refractivity contribution < 1.29 is 4.74 Å². The zero-order chi connectivity index (χ0) is 14.9. The number of hydrogen-bond acceptors (Lipinski definition) is 1. The fourth-order valence-electron chi connectivity index (χ4n) is 3.21. The highest BCUT2D eigenvalue weighted by atomic mass is 79.9. The topological polar surface area (TPSA) is 9.23 Å². The van der Waals surface area contributed by atoms with Gasteiger partial charge in [-0.15, -0.1) is 0 Å². The zero-order valence-electron chi connectivity index (χ0n) is 12.3. The van der Waals surface area contributed by atoms with Gasteiger partial charge in [-0.2, -0.15) is 0 Å². The van der Waals surface area contributed by atoms with E-state index in [9.17, 15) is 0 Å². The molecule has 1 nitrogen and oxygen atoms in total. The lowest BCUT2D eigenvalue weighted by atomic mass is 9.94. The summed E-state index contributed by atoms with van der Waals surface area (Å²) in [6.45, 7) is 0.773. The van der Waals surface area contributed by atoms with Crippen LogP contribution in [0.15, 0.2) is 54.6 Å². The number of benzene rings is 4. The van der Waals surface area contributed by atoms with Crippen molar-refractivity contribution in [3.8, 4) is 5.75 Å². The molecule has 22 heavy (non-hydrogen) atoms. The van der Waals surface area contributed by atoms with E-state index in [0.29, 0.717) is 0 Å². The van der Waals surface area contributed by atoms with E-state index in [1.54, 1.807) is 0 Å². The van der Waals surface area contributed by atoms with E-state index in [0.717, 1.165) is 30.5 Å². The highest BCUT2D eigenvalue weighted by Crippen LogP contribution is 2.38. The molecule has 0 saturated heterocycles. The second kappa shape index (κ2) is 5.77. The van der Waals surface area contributed by atoms with Crippen LogP contribution in [0.25, 0.3) is 32.3 Å². The molecule has 4 aromatic rings. The summed E-state index contributed by atoms with van der Waals surface area (Å²) in [6.07, 6.45) is 2.22. The van der Waals surface area contributed by atoms with Crippen LogP contribution < -0.4 is 4.74 Å². The van der Waals surface area contributed by atoms with Crippen molar-refractivity contribution in [2.75, 3.05) is 11.9 Å². The molecule has 0 aliphatic carbocycles.